The van der Waals surface area contributed by atoms with Crippen LogP contribution in [0, 0.1) is 17.2 Å². The Morgan fingerprint density at radius 2 is 1.90 bits per heavy atom. The molecular weight excluding hydrogens is 533 g/mol. The average Bonchev–Trinajstić information content (AvgIpc) is 3.37. The molecule has 0 aliphatic carbocycles. The lowest BCUT2D eigenvalue weighted by Gasteiger charge is -2.53. The van der Waals surface area contributed by atoms with Crippen LogP contribution >= 0.6 is 0 Å². The number of carbonyl (C=O) groups is 1. The monoisotopic (exact) mass is 583 g/mol. The quantitative estimate of drug-likeness (QED) is 0.295. The van der Waals surface area contributed by atoms with E-state index in [1.807, 2.05) is 20.8 Å². The number of likely N-dealkylation sites (tertiary alicyclic amines) is 1. The van der Waals surface area contributed by atoms with Gasteiger partial charge in [0, 0.05) is 50.2 Å². The normalized spacial score (nSPS) is 17.4. The second-order valence-corrected chi connectivity index (χ2v) is 12.8. The number of benzene rings is 1. The molecule has 10 heteroatoms. The summed E-state index contributed by atoms with van der Waals surface area (Å²) in [4.78, 5) is 26.9. The van der Waals surface area contributed by atoms with Crippen molar-refractivity contribution >= 4 is 11.7 Å². The number of carbonyl (C=O) groups excluding carboxylic acids is 1. The van der Waals surface area contributed by atoms with Gasteiger partial charge in [0.2, 0.25) is 0 Å². The van der Waals surface area contributed by atoms with Gasteiger partial charge in [0.1, 0.15) is 17.9 Å². The highest BCUT2D eigenvalue weighted by Gasteiger charge is 2.50. The van der Waals surface area contributed by atoms with Crippen LogP contribution in [-0.2, 0) is 0 Å². The van der Waals surface area contributed by atoms with E-state index in [0.717, 1.165) is 45.7 Å². The Bertz CT molecular complexity index is 1190. The van der Waals surface area contributed by atoms with Crippen LogP contribution in [0.1, 0.15) is 77.6 Å². The molecule has 0 unspecified atom stereocenters. The Hall–Kier alpha value is -2.85. The van der Waals surface area contributed by atoms with Crippen molar-refractivity contribution in [2.45, 2.75) is 79.3 Å². The summed E-state index contributed by atoms with van der Waals surface area (Å²) in [6.45, 7) is 19.4. The third-order valence-electron chi connectivity index (χ3n) is 8.87. The van der Waals surface area contributed by atoms with Crippen molar-refractivity contribution in [1.82, 2.24) is 29.9 Å². The molecule has 0 radical (unpaired) electrons. The van der Waals surface area contributed by atoms with Crippen molar-refractivity contribution < 1.29 is 13.9 Å². The topological polar surface area (TPSA) is 77.9 Å². The number of ether oxygens (including phenoxy) is 1. The van der Waals surface area contributed by atoms with Crippen molar-refractivity contribution in [3.63, 3.8) is 0 Å². The first-order valence-corrected chi connectivity index (χ1v) is 15.7. The maximum Gasteiger partial charge on any atom is 0.282 e. The minimum absolute atomic E-state index is 0.0344. The largest absolute Gasteiger partial charge is 0.434 e. The van der Waals surface area contributed by atoms with Crippen molar-refractivity contribution in [1.29, 1.82) is 0 Å². The fourth-order valence-electron chi connectivity index (χ4n) is 6.73. The van der Waals surface area contributed by atoms with Crippen molar-refractivity contribution in [3.8, 4) is 11.6 Å². The lowest BCUT2D eigenvalue weighted by atomic mass is 9.76. The van der Waals surface area contributed by atoms with Crippen molar-refractivity contribution in [2.75, 3.05) is 57.8 Å². The van der Waals surface area contributed by atoms with E-state index in [9.17, 15) is 9.18 Å². The van der Waals surface area contributed by atoms with E-state index in [1.54, 1.807) is 4.90 Å². The molecule has 1 amide bonds. The lowest BCUT2D eigenvalue weighted by Crippen LogP contribution is -2.62. The van der Waals surface area contributed by atoms with Crippen LogP contribution in [0.5, 0.6) is 11.6 Å². The maximum absolute atomic E-state index is 14.3. The summed E-state index contributed by atoms with van der Waals surface area (Å²) in [5, 5.41) is 8.22. The van der Waals surface area contributed by atoms with Gasteiger partial charge in [-0.15, -0.1) is 10.2 Å². The number of aromatic nitrogens is 3. The second kappa shape index (κ2) is 14.1. The Labute approximate surface area is 251 Å². The number of hydrogen-bond donors (Lipinski definition) is 0. The van der Waals surface area contributed by atoms with Gasteiger partial charge in [-0.1, -0.05) is 20.8 Å². The van der Waals surface area contributed by atoms with Crippen LogP contribution in [-0.4, -0.2) is 101 Å². The molecule has 0 bridgehead atoms. The first-order valence-electron chi connectivity index (χ1n) is 15.7. The van der Waals surface area contributed by atoms with Crippen molar-refractivity contribution in [3.05, 3.63) is 35.9 Å². The highest BCUT2D eigenvalue weighted by molar-refractivity contribution is 5.97. The molecule has 42 heavy (non-hydrogen) atoms. The lowest BCUT2D eigenvalue weighted by molar-refractivity contribution is -0.0344. The highest BCUT2D eigenvalue weighted by Crippen LogP contribution is 2.44. The van der Waals surface area contributed by atoms with E-state index in [0.29, 0.717) is 24.3 Å². The zero-order chi connectivity index (χ0) is 30.4. The zero-order valence-electron chi connectivity index (χ0n) is 26.6. The molecule has 0 N–H and O–H groups in total. The Morgan fingerprint density at radius 3 is 2.57 bits per heavy atom. The summed E-state index contributed by atoms with van der Waals surface area (Å²) >= 11 is 0. The van der Waals surface area contributed by atoms with Crippen LogP contribution in [0.15, 0.2) is 24.5 Å². The number of anilines is 1. The Morgan fingerprint density at radius 1 is 1.14 bits per heavy atom. The fraction of sp³-hybridized carbons (Fsp3) is 0.688. The maximum atomic E-state index is 14.3. The number of rotatable bonds is 14. The van der Waals surface area contributed by atoms with E-state index >= 15 is 0 Å². The summed E-state index contributed by atoms with van der Waals surface area (Å²) in [5.74, 6) is 0.929. The Kier molecular flexibility index (Phi) is 10.8. The summed E-state index contributed by atoms with van der Waals surface area (Å²) in [5.41, 5.74) is 0.389. The van der Waals surface area contributed by atoms with E-state index in [2.05, 4.69) is 57.7 Å². The number of amides is 1. The molecule has 232 valence electrons. The first-order chi connectivity index (χ1) is 20.1. The van der Waals surface area contributed by atoms with Crippen LogP contribution in [0.3, 0.4) is 0 Å². The van der Waals surface area contributed by atoms with E-state index in [1.165, 1.54) is 43.8 Å². The minimum Gasteiger partial charge on any atom is -0.434 e. The smallest absolute Gasteiger partial charge is 0.282 e. The van der Waals surface area contributed by atoms with Gasteiger partial charge in [0.25, 0.3) is 11.8 Å². The Balaban J connectivity index is 1.44. The van der Waals surface area contributed by atoms with E-state index in [-0.39, 0.29) is 34.6 Å². The van der Waals surface area contributed by atoms with Gasteiger partial charge >= 0.3 is 0 Å². The van der Waals surface area contributed by atoms with E-state index in [4.69, 9.17) is 4.74 Å². The molecule has 0 saturated carbocycles. The van der Waals surface area contributed by atoms with Gasteiger partial charge in [-0.2, -0.15) is 0 Å². The minimum atomic E-state index is -0.494. The van der Waals surface area contributed by atoms with E-state index < -0.39 is 5.82 Å². The molecule has 1 spiro atoms. The molecule has 1 aromatic heterocycles. The van der Waals surface area contributed by atoms with Crippen LogP contribution in [0.25, 0.3) is 0 Å². The zero-order valence-corrected chi connectivity index (χ0v) is 26.6. The predicted octanol–water partition coefficient (Wildman–Crippen LogP) is 5.33. The molecule has 1 aromatic carbocycles. The highest BCUT2D eigenvalue weighted by atomic mass is 19.1. The number of halogens is 1. The molecule has 2 aliphatic heterocycles. The summed E-state index contributed by atoms with van der Waals surface area (Å²) in [6, 6.07) is 4.57. The van der Waals surface area contributed by atoms with Gasteiger partial charge in [0.05, 0.1) is 5.56 Å². The number of nitrogens with zero attached hydrogens (tertiary/aromatic N) is 7. The second-order valence-electron chi connectivity index (χ2n) is 12.8. The molecule has 4 rings (SSSR count). The summed E-state index contributed by atoms with van der Waals surface area (Å²) in [6.07, 6.45) is 6.16. The predicted molar refractivity (Wildman–Crippen MR) is 165 cm³/mol. The average molecular weight is 584 g/mol. The first kappa shape index (κ1) is 32.1. The molecule has 3 heterocycles. The van der Waals surface area contributed by atoms with Gasteiger partial charge in [-0.05, 0) is 90.7 Å². The molecular formula is C32H50FN7O2. The molecule has 2 aliphatic rings. The van der Waals surface area contributed by atoms with Crippen LogP contribution in [0.2, 0.25) is 0 Å². The van der Waals surface area contributed by atoms with Crippen molar-refractivity contribution in [2.24, 2.45) is 11.3 Å². The standard InChI is InChI=1S/C32H50FN7O2/c1-8-15-37(7)16-10-11-27(23(3)4)39-20-32(21-39)14-17-38(19-32)29-30(36-35-22-34-29)42-28-13-12-25(33)18-26(28)31(41)40(9-2)24(5)6/h12-13,18,22-24,27H,8-11,14-17,19-21H2,1-7H3/t27-/m0/s1. The van der Waals surface area contributed by atoms with Gasteiger partial charge in [-0.25, -0.2) is 9.37 Å². The summed E-state index contributed by atoms with van der Waals surface area (Å²) < 4.78 is 20.5. The van der Waals surface area contributed by atoms with Gasteiger partial charge in [-0.3, -0.25) is 9.69 Å². The molecule has 9 nitrogen and oxygen atoms in total. The van der Waals surface area contributed by atoms with Crippen LogP contribution < -0.4 is 9.64 Å². The summed E-state index contributed by atoms with van der Waals surface area (Å²) in [7, 11) is 2.22. The molecule has 2 fully saturated rings. The third kappa shape index (κ3) is 7.37. The third-order valence-corrected chi connectivity index (χ3v) is 8.87. The molecule has 2 saturated heterocycles. The fourth-order valence-corrected chi connectivity index (χ4v) is 6.73. The van der Waals surface area contributed by atoms with Gasteiger partial charge in [0.15, 0.2) is 5.82 Å². The molecule has 1 atom stereocenters. The molecule has 2 aromatic rings. The SMILES string of the molecule is CCCN(C)CCC[C@@H](C(C)C)N1CC2(CCN(c3ncnnc3Oc3ccc(F)cc3C(=O)N(CC)C(C)C)C2)C1. The van der Waals surface area contributed by atoms with Gasteiger partial charge < -0.3 is 19.4 Å². The van der Waals surface area contributed by atoms with Crippen LogP contribution in [0.4, 0.5) is 10.2 Å². The number of hydrogen-bond acceptors (Lipinski definition) is 8.